The minimum absolute atomic E-state index is 0.103. The second kappa shape index (κ2) is 8.52. The van der Waals surface area contributed by atoms with Crippen molar-refractivity contribution in [3.63, 3.8) is 0 Å². The third-order valence-electron chi connectivity index (χ3n) is 6.42. The number of thioether (sulfide) groups is 1. The molecule has 1 spiro atoms. The van der Waals surface area contributed by atoms with E-state index >= 15 is 0 Å². The molecule has 2 aliphatic rings. The van der Waals surface area contributed by atoms with Crippen LogP contribution in [0.4, 0.5) is 15.5 Å². The number of nitrogens with one attached hydrogen (secondary N) is 1. The van der Waals surface area contributed by atoms with E-state index in [0.717, 1.165) is 15.0 Å². The first-order chi connectivity index (χ1) is 16.3. The highest BCUT2D eigenvalue weighted by Crippen LogP contribution is 2.49. The van der Waals surface area contributed by atoms with E-state index in [1.54, 1.807) is 35.9 Å². The Balaban J connectivity index is 1.40. The van der Waals surface area contributed by atoms with Crippen LogP contribution in [0.3, 0.4) is 0 Å². The van der Waals surface area contributed by atoms with E-state index in [4.69, 9.17) is 16.2 Å². The number of rotatable bonds is 3. The Morgan fingerprint density at radius 2 is 1.91 bits per heavy atom. The van der Waals surface area contributed by atoms with E-state index in [1.807, 2.05) is 24.3 Å². The van der Waals surface area contributed by atoms with Crippen molar-refractivity contribution in [3.8, 4) is 5.75 Å². The Labute approximate surface area is 204 Å². The van der Waals surface area contributed by atoms with E-state index in [1.165, 1.54) is 11.3 Å². The monoisotopic (exact) mass is 496 g/mol. The number of Topliss-reactive ketones (excluding diaryl/α,β-unsaturated/α-hetero) is 1. The number of carbonyl (C=O) groups excluding carboxylic acids is 3. The molecule has 5 N–H and O–H groups in total. The highest BCUT2D eigenvalue weighted by molar-refractivity contribution is 8.01. The number of amides is 3. The first kappa shape index (κ1) is 22.5. The lowest BCUT2D eigenvalue weighted by Gasteiger charge is -2.43. The van der Waals surface area contributed by atoms with Crippen LogP contribution in [0.25, 0.3) is 10.1 Å². The van der Waals surface area contributed by atoms with Crippen LogP contribution in [0.5, 0.6) is 5.75 Å². The molecule has 0 saturated carbocycles. The van der Waals surface area contributed by atoms with Gasteiger partial charge in [-0.15, -0.1) is 23.1 Å². The van der Waals surface area contributed by atoms with Gasteiger partial charge in [-0.2, -0.15) is 0 Å². The fraction of sp³-hybridized carbons (Fsp3) is 0.292. The molecule has 5 rings (SSSR count). The lowest BCUT2D eigenvalue weighted by atomic mass is 9.87. The predicted octanol–water partition coefficient (Wildman–Crippen LogP) is 4.34. The van der Waals surface area contributed by atoms with Crippen LogP contribution in [0.15, 0.2) is 41.3 Å². The fourth-order valence-electron chi connectivity index (χ4n) is 4.68. The van der Waals surface area contributed by atoms with Crippen molar-refractivity contribution in [2.45, 2.75) is 28.9 Å². The smallest absolute Gasteiger partial charge is 0.317 e. The molecule has 0 aliphatic carbocycles. The predicted molar refractivity (Wildman–Crippen MR) is 135 cm³/mol. The molecule has 3 amide bonds. The molecule has 1 saturated heterocycles. The first-order valence-electron chi connectivity index (χ1n) is 10.9. The van der Waals surface area contributed by atoms with Crippen LogP contribution in [-0.2, 0) is 0 Å². The second-order valence-corrected chi connectivity index (χ2v) is 11.2. The van der Waals surface area contributed by atoms with Crippen LogP contribution in [0, 0.1) is 0 Å². The first-order valence-corrected chi connectivity index (χ1v) is 12.5. The SMILES string of the molecule is COc1ccc2c(C(=O)N3CCC4(CC3)CC(=O)c3cc(N)ccc3S4)c(NC(N)=O)sc2c1. The zero-order chi connectivity index (χ0) is 24.0. The van der Waals surface area contributed by atoms with Crippen molar-refractivity contribution >= 4 is 61.6 Å². The van der Waals surface area contributed by atoms with Crippen LogP contribution in [0.1, 0.15) is 40.0 Å². The van der Waals surface area contributed by atoms with Crippen LogP contribution in [0.2, 0.25) is 0 Å². The summed E-state index contributed by atoms with van der Waals surface area (Å²) in [6.45, 7) is 1.04. The summed E-state index contributed by atoms with van der Waals surface area (Å²) in [6.07, 6.45) is 1.84. The Hall–Kier alpha value is -3.24. The maximum Gasteiger partial charge on any atom is 0.317 e. The quantitative estimate of drug-likeness (QED) is 0.463. The lowest BCUT2D eigenvalue weighted by molar-refractivity contribution is 0.0699. The number of likely N-dealkylation sites (tertiary alicyclic amines) is 1. The van der Waals surface area contributed by atoms with Crippen molar-refractivity contribution in [2.24, 2.45) is 5.73 Å². The summed E-state index contributed by atoms with van der Waals surface area (Å²) in [5, 5.41) is 3.78. The van der Waals surface area contributed by atoms with Gasteiger partial charge in [0.15, 0.2) is 5.78 Å². The molecule has 0 bridgehead atoms. The maximum absolute atomic E-state index is 13.6. The number of anilines is 2. The minimum Gasteiger partial charge on any atom is -0.497 e. The Morgan fingerprint density at radius 3 is 2.62 bits per heavy atom. The van der Waals surface area contributed by atoms with Gasteiger partial charge in [-0.3, -0.25) is 14.9 Å². The van der Waals surface area contributed by atoms with Crippen molar-refractivity contribution in [1.29, 1.82) is 0 Å². The Bertz CT molecular complexity index is 1330. The average Bonchev–Trinajstić information content (AvgIpc) is 3.15. The zero-order valence-corrected chi connectivity index (χ0v) is 20.2. The van der Waals surface area contributed by atoms with Gasteiger partial charge in [-0.1, -0.05) is 0 Å². The molecular weight excluding hydrogens is 472 g/mol. The summed E-state index contributed by atoms with van der Waals surface area (Å²) < 4.78 is 5.89. The summed E-state index contributed by atoms with van der Waals surface area (Å²) >= 11 is 3.01. The molecule has 3 heterocycles. The number of nitrogens with zero attached hydrogens (tertiary/aromatic N) is 1. The van der Waals surface area contributed by atoms with Gasteiger partial charge in [0.25, 0.3) is 5.91 Å². The Morgan fingerprint density at radius 1 is 1.15 bits per heavy atom. The van der Waals surface area contributed by atoms with Crippen molar-refractivity contribution < 1.29 is 19.1 Å². The Kier molecular flexibility index (Phi) is 5.65. The van der Waals surface area contributed by atoms with E-state index in [0.29, 0.717) is 59.9 Å². The van der Waals surface area contributed by atoms with Gasteiger partial charge in [0.1, 0.15) is 10.8 Å². The standard InChI is InChI=1S/C24H24N4O4S2/c1-32-14-3-4-15-19(11-14)33-21(27-23(26)31)20(15)22(30)28-8-6-24(7-9-28)12-17(29)16-10-13(25)2-5-18(16)34-24/h2-5,10-11H,6-9,12,25H2,1H3,(H3,26,27,31). The third kappa shape index (κ3) is 3.97. The average molecular weight is 497 g/mol. The molecule has 8 nitrogen and oxygen atoms in total. The molecule has 3 aromatic rings. The molecule has 34 heavy (non-hydrogen) atoms. The van der Waals surface area contributed by atoms with Crippen molar-refractivity contribution in [1.82, 2.24) is 4.90 Å². The minimum atomic E-state index is -0.721. The topological polar surface area (TPSA) is 128 Å². The van der Waals surface area contributed by atoms with E-state index in [2.05, 4.69) is 5.32 Å². The van der Waals surface area contributed by atoms with Gasteiger partial charge in [0.2, 0.25) is 0 Å². The summed E-state index contributed by atoms with van der Waals surface area (Å²) in [5.74, 6) is 0.612. The molecule has 2 aliphatic heterocycles. The lowest BCUT2D eigenvalue weighted by Crippen LogP contribution is -2.47. The molecule has 0 radical (unpaired) electrons. The number of nitrogen functional groups attached to an aromatic ring is 1. The number of thiophene rings is 1. The number of piperidine rings is 1. The molecule has 10 heteroatoms. The summed E-state index contributed by atoms with van der Waals surface area (Å²) in [6, 6.07) is 10.2. The normalized spacial score (nSPS) is 17.0. The molecule has 1 aromatic heterocycles. The number of benzene rings is 2. The summed E-state index contributed by atoms with van der Waals surface area (Å²) in [4.78, 5) is 40.8. The number of ether oxygens (including phenoxy) is 1. The molecule has 0 atom stereocenters. The number of hydrogen-bond donors (Lipinski definition) is 3. The van der Waals surface area contributed by atoms with E-state index in [-0.39, 0.29) is 16.4 Å². The van der Waals surface area contributed by atoms with Crippen LogP contribution >= 0.6 is 23.1 Å². The number of nitrogens with two attached hydrogens (primary N) is 2. The number of ketones is 1. The number of primary amides is 1. The number of methoxy groups -OCH3 is 1. The van der Waals surface area contributed by atoms with Gasteiger partial charge in [-0.05, 0) is 49.2 Å². The fourth-order valence-corrected chi connectivity index (χ4v) is 7.28. The van der Waals surface area contributed by atoms with Gasteiger partial charge >= 0.3 is 6.03 Å². The van der Waals surface area contributed by atoms with Gasteiger partial charge < -0.3 is 21.1 Å². The third-order valence-corrected chi connectivity index (χ3v) is 9.05. The van der Waals surface area contributed by atoms with Crippen LogP contribution in [-0.4, -0.2) is 47.6 Å². The van der Waals surface area contributed by atoms with Gasteiger partial charge in [0.05, 0.1) is 12.7 Å². The summed E-state index contributed by atoms with van der Waals surface area (Å²) in [7, 11) is 1.58. The molecule has 1 fully saturated rings. The number of urea groups is 1. The van der Waals surface area contributed by atoms with Crippen molar-refractivity contribution in [2.75, 3.05) is 31.2 Å². The molecule has 176 valence electrons. The number of fused-ring (bicyclic) bond motifs is 2. The van der Waals surface area contributed by atoms with E-state index < -0.39 is 6.03 Å². The largest absolute Gasteiger partial charge is 0.497 e. The maximum atomic E-state index is 13.6. The molecular formula is C24H24N4O4S2. The molecule has 0 unspecified atom stereocenters. The summed E-state index contributed by atoms with van der Waals surface area (Å²) in [5.41, 5.74) is 12.9. The van der Waals surface area contributed by atoms with E-state index in [9.17, 15) is 14.4 Å². The zero-order valence-electron chi connectivity index (χ0n) is 18.6. The van der Waals surface area contributed by atoms with Gasteiger partial charge in [0, 0.05) is 50.5 Å². The molecule has 2 aromatic carbocycles. The van der Waals surface area contributed by atoms with Crippen molar-refractivity contribution in [3.05, 3.63) is 47.5 Å². The number of hydrogen-bond acceptors (Lipinski definition) is 7. The second-order valence-electron chi connectivity index (χ2n) is 8.59. The highest BCUT2D eigenvalue weighted by atomic mass is 32.2. The number of carbonyl (C=O) groups is 3. The van der Waals surface area contributed by atoms with Crippen LogP contribution < -0.4 is 21.5 Å². The van der Waals surface area contributed by atoms with Gasteiger partial charge in [-0.25, -0.2) is 4.79 Å². The highest BCUT2D eigenvalue weighted by Gasteiger charge is 2.43.